The lowest BCUT2D eigenvalue weighted by atomic mass is 10.1. The van der Waals surface area contributed by atoms with Crippen LogP contribution in [0.3, 0.4) is 0 Å². The van der Waals surface area contributed by atoms with Gasteiger partial charge in [-0.05, 0) is 18.2 Å². The minimum Gasteiger partial charge on any atom is -0.497 e. The highest BCUT2D eigenvalue weighted by Gasteiger charge is 2.22. The number of aromatic nitrogens is 2. The summed E-state index contributed by atoms with van der Waals surface area (Å²) in [6, 6.07) is 7.38. The topological polar surface area (TPSA) is 50.6 Å². The Kier molecular flexibility index (Phi) is 5.93. The summed E-state index contributed by atoms with van der Waals surface area (Å²) in [4.78, 5) is 21.5. The minimum absolute atomic E-state index is 0.0836. The molecular formula is C20H28N4O2. The summed E-state index contributed by atoms with van der Waals surface area (Å²) in [6.45, 7) is 9.59. The lowest BCUT2D eigenvalue weighted by Crippen LogP contribution is -2.49. The fourth-order valence-corrected chi connectivity index (χ4v) is 3.37. The van der Waals surface area contributed by atoms with Crippen LogP contribution < -0.4 is 4.74 Å². The summed E-state index contributed by atoms with van der Waals surface area (Å²) in [7, 11) is 1.62. The Hall–Kier alpha value is -2.34. The van der Waals surface area contributed by atoms with Gasteiger partial charge < -0.3 is 14.2 Å². The van der Waals surface area contributed by atoms with Crippen molar-refractivity contribution in [2.24, 2.45) is 0 Å². The molecule has 1 saturated heterocycles. The van der Waals surface area contributed by atoms with Crippen molar-refractivity contribution in [3.8, 4) is 5.75 Å². The number of nitrogens with zero attached hydrogens (tertiary/aromatic N) is 4. The van der Waals surface area contributed by atoms with Gasteiger partial charge in [0.2, 0.25) is 0 Å². The predicted molar refractivity (Wildman–Crippen MR) is 102 cm³/mol. The molecule has 0 atom stereocenters. The van der Waals surface area contributed by atoms with Crippen LogP contribution >= 0.6 is 0 Å². The van der Waals surface area contributed by atoms with Gasteiger partial charge in [0.1, 0.15) is 11.6 Å². The smallest absolute Gasteiger partial charge is 0.254 e. The van der Waals surface area contributed by atoms with Gasteiger partial charge in [-0.3, -0.25) is 9.69 Å². The number of methoxy groups -OCH3 is 1. The molecule has 6 nitrogen and oxygen atoms in total. The quantitative estimate of drug-likeness (QED) is 0.798. The van der Waals surface area contributed by atoms with Crippen LogP contribution in [0.25, 0.3) is 0 Å². The Morgan fingerprint density at radius 3 is 2.65 bits per heavy atom. The number of ether oxygens (including phenoxy) is 1. The SMILES string of the molecule is COc1cccc(C(=O)N2CCN(CCn3ccnc3C(C)C)CC2)c1. The zero-order valence-electron chi connectivity index (χ0n) is 15.9. The summed E-state index contributed by atoms with van der Waals surface area (Å²) in [6.07, 6.45) is 3.93. The number of rotatable bonds is 6. The van der Waals surface area contributed by atoms with E-state index in [0.29, 0.717) is 11.5 Å². The molecule has 6 heteroatoms. The van der Waals surface area contributed by atoms with Gasteiger partial charge >= 0.3 is 0 Å². The first-order chi connectivity index (χ1) is 12.6. The number of benzene rings is 1. The van der Waals surface area contributed by atoms with Gasteiger partial charge in [-0.1, -0.05) is 19.9 Å². The highest BCUT2D eigenvalue weighted by Crippen LogP contribution is 2.16. The summed E-state index contributed by atoms with van der Waals surface area (Å²) >= 11 is 0. The molecule has 1 aromatic carbocycles. The fraction of sp³-hybridized carbons (Fsp3) is 0.500. The van der Waals surface area contributed by atoms with E-state index in [1.165, 1.54) is 0 Å². The molecule has 0 unspecified atom stereocenters. The van der Waals surface area contributed by atoms with Gasteiger partial charge in [0.15, 0.2) is 0 Å². The first-order valence-corrected chi connectivity index (χ1v) is 9.25. The molecule has 140 valence electrons. The molecule has 1 amide bonds. The number of amides is 1. The third-order valence-corrected chi connectivity index (χ3v) is 4.90. The standard InChI is InChI=1S/C20H28N4O2/c1-16(2)19-21-7-8-23(19)12-9-22-10-13-24(14-11-22)20(25)17-5-4-6-18(15-17)26-3/h4-8,15-16H,9-14H2,1-3H3. The van der Waals surface area contributed by atoms with Crippen molar-refractivity contribution in [3.05, 3.63) is 48.0 Å². The van der Waals surface area contributed by atoms with Crippen molar-refractivity contribution >= 4 is 5.91 Å². The molecule has 1 aliphatic rings. The maximum absolute atomic E-state index is 12.7. The van der Waals surface area contributed by atoms with Crippen molar-refractivity contribution in [1.29, 1.82) is 0 Å². The zero-order chi connectivity index (χ0) is 18.5. The Morgan fingerprint density at radius 2 is 1.96 bits per heavy atom. The van der Waals surface area contributed by atoms with Crippen molar-refractivity contribution in [2.75, 3.05) is 39.8 Å². The Bertz CT molecular complexity index is 733. The van der Waals surface area contributed by atoms with Crippen molar-refractivity contribution in [1.82, 2.24) is 19.4 Å². The van der Waals surface area contributed by atoms with Crippen LogP contribution in [-0.4, -0.2) is 65.1 Å². The van der Waals surface area contributed by atoms with Gasteiger partial charge in [-0.2, -0.15) is 0 Å². The lowest BCUT2D eigenvalue weighted by Gasteiger charge is -2.35. The predicted octanol–water partition coefficient (Wildman–Crippen LogP) is 2.47. The molecule has 0 spiro atoms. The lowest BCUT2D eigenvalue weighted by molar-refractivity contribution is 0.0632. The van der Waals surface area contributed by atoms with Gasteiger partial charge in [0.25, 0.3) is 5.91 Å². The highest BCUT2D eigenvalue weighted by molar-refractivity contribution is 5.94. The molecular weight excluding hydrogens is 328 g/mol. The van der Waals surface area contributed by atoms with Gasteiger partial charge in [0, 0.05) is 63.1 Å². The van der Waals surface area contributed by atoms with E-state index < -0.39 is 0 Å². The molecule has 3 rings (SSSR count). The highest BCUT2D eigenvalue weighted by atomic mass is 16.5. The Balaban J connectivity index is 1.51. The molecule has 0 aliphatic carbocycles. The summed E-state index contributed by atoms with van der Waals surface area (Å²) < 4.78 is 7.45. The van der Waals surface area contributed by atoms with Crippen LogP contribution in [0.5, 0.6) is 5.75 Å². The molecule has 1 aromatic heterocycles. The minimum atomic E-state index is 0.0836. The van der Waals surface area contributed by atoms with Crippen molar-refractivity contribution in [3.63, 3.8) is 0 Å². The van der Waals surface area contributed by atoms with E-state index in [-0.39, 0.29) is 5.91 Å². The third-order valence-electron chi connectivity index (χ3n) is 4.90. The van der Waals surface area contributed by atoms with E-state index in [1.54, 1.807) is 13.2 Å². The number of carbonyl (C=O) groups excluding carboxylic acids is 1. The molecule has 0 bridgehead atoms. The molecule has 0 saturated carbocycles. The molecule has 26 heavy (non-hydrogen) atoms. The molecule has 1 aliphatic heterocycles. The van der Waals surface area contributed by atoms with Crippen LogP contribution in [0.2, 0.25) is 0 Å². The first kappa shape index (κ1) is 18.5. The third kappa shape index (κ3) is 4.25. The van der Waals surface area contributed by atoms with E-state index in [1.807, 2.05) is 29.3 Å². The van der Waals surface area contributed by atoms with Crippen LogP contribution in [0, 0.1) is 0 Å². The van der Waals surface area contributed by atoms with E-state index in [4.69, 9.17) is 4.74 Å². The van der Waals surface area contributed by atoms with E-state index in [9.17, 15) is 4.79 Å². The molecule has 0 N–H and O–H groups in total. The summed E-state index contributed by atoms with van der Waals surface area (Å²) in [5.41, 5.74) is 0.692. The monoisotopic (exact) mass is 356 g/mol. The summed E-state index contributed by atoms with van der Waals surface area (Å²) in [5.74, 6) is 2.37. The van der Waals surface area contributed by atoms with Gasteiger partial charge in [-0.25, -0.2) is 4.98 Å². The second-order valence-corrected chi connectivity index (χ2v) is 7.00. The van der Waals surface area contributed by atoms with E-state index in [2.05, 4.69) is 34.5 Å². The van der Waals surface area contributed by atoms with Crippen LogP contribution in [0.1, 0.15) is 35.9 Å². The van der Waals surface area contributed by atoms with E-state index in [0.717, 1.165) is 50.8 Å². The number of carbonyl (C=O) groups is 1. The number of hydrogen-bond acceptors (Lipinski definition) is 4. The second-order valence-electron chi connectivity index (χ2n) is 7.00. The number of hydrogen-bond donors (Lipinski definition) is 0. The molecule has 2 heterocycles. The van der Waals surface area contributed by atoms with Crippen LogP contribution in [-0.2, 0) is 6.54 Å². The molecule has 0 radical (unpaired) electrons. The largest absolute Gasteiger partial charge is 0.497 e. The van der Waals surface area contributed by atoms with E-state index >= 15 is 0 Å². The second kappa shape index (κ2) is 8.36. The molecule has 2 aromatic rings. The van der Waals surface area contributed by atoms with Crippen LogP contribution in [0.15, 0.2) is 36.7 Å². The summed E-state index contributed by atoms with van der Waals surface area (Å²) in [5, 5.41) is 0. The zero-order valence-corrected chi connectivity index (χ0v) is 15.9. The normalized spacial score (nSPS) is 15.5. The first-order valence-electron chi connectivity index (χ1n) is 9.25. The average Bonchev–Trinajstić information content (AvgIpc) is 3.15. The fourth-order valence-electron chi connectivity index (χ4n) is 3.37. The van der Waals surface area contributed by atoms with Gasteiger partial charge in [-0.15, -0.1) is 0 Å². The van der Waals surface area contributed by atoms with Gasteiger partial charge in [0.05, 0.1) is 7.11 Å². The number of imidazole rings is 1. The Morgan fingerprint density at radius 1 is 1.19 bits per heavy atom. The van der Waals surface area contributed by atoms with Crippen molar-refractivity contribution < 1.29 is 9.53 Å². The maximum Gasteiger partial charge on any atom is 0.254 e. The molecule has 1 fully saturated rings. The van der Waals surface area contributed by atoms with Crippen LogP contribution in [0.4, 0.5) is 0 Å². The number of piperazine rings is 1. The maximum atomic E-state index is 12.7. The van der Waals surface area contributed by atoms with Crippen molar-refractivity contribution in [2.45, 2.75) is 26.3 Å². The Labute approximate surface area is 155 Å². The average molecular weight is 356 g/mol.